The summed E-state index contributed by atoms with van der Waals surface area (Å²) < 4.78 is 18.8. The smallest absolute Gasteiger partial charge is 0.203 e. The van der Waals surface area contributed by atoms with Crippen LogP contribution < -0.4 is 14.2 Å². The van der Waals surface area contributed by atoms with Crippen molar-refractivity contribution in [3.05, 3.63) is 77.9 Å². The lowest BCUT2D eigenvalue weighted by Crippen LogP contribution is -2.04. The molecule has 0 radical (unpaired) electrons. The van der Waals surface area contributed by atoms with Crippen molar-refractivity contribution in [3.8, 4) is 45.5 Å². The first-order chi connectivity index (χ1) is 15.2. The van der Waals surface area contributed by atoms with Crippen molar-refractivity contribution in [1.29, 1.82) is 0 Å². The largest absolute Gasteiger partial charge is 0.493 e. The molecule has 4 aromatic rings. The fourth-order valence-corrected chi connectivity index (χ4v) is 4.40. The highest BCUT2D eigenvalue weighted by atomic mass is 16.5. The maximum Gasteiger partial charge on any atom is 0.203 e. The number of para-hydroxylation sites is 1. The monoisotopic (exact) mass is 412 g/mol. The van der Waals surface area contributed by atoms with E-state index >= 15 is 0 Å². The zero-order chi connectivity index (χ0) is 21.4. The SMILES string of the molecule is COc1cc(-c2c3c(nn2-c2ccccc2)-c2ccccc2CC3)cc(OC)c1OC. The van der Waals surface area contributed by atoms with Gasteiger partial charge in [-0.25, -0.2) is 4.68 Å². The minimum atomic E-state index is 0.582. The summed E-state index contributed by atoms with van der Waals surface area (Å²) in [6.07, 6.45) is 1.91. The molecule has 5 rings (SSSR count). The number of hydrogen-bond donors (Lipinski definition) is 0. The molecule has 156 valence electrons. The van der Waals surface area contributed by atoms with E-state index in [4.69, 9.17) is 19.3 Å². The van der Waals surface area contributed by atoms with E-state index in [1.807, 2.05) is 35.0 Å². The fourth-order valence-electron chi connectivity index (χ4n) is 4.40. The van der Waals surface area contributed by atoms with E-state index in [1.165, 1.54) is 16.7 Å². The van der Waals surface area contributed by atoms with E-state index < -0.39 is 0 Å². The van der Waals surface area contributed by atoms with E-state index in [0.717, 1.165) is 35.5 Å². The molecule has 0 bridgehead atoms. The van der Waals surface area contributed by atoms with Crippen LogP contribution in [0.1, 0.15) is 11.1 Å². The summed E-state index contributed by atoms with van der Waals surface area (Å²) in [5.41, 5.74) is 7.85. The number of aromatic nitrogens is 2. The van der Waals surface area contributed by atoms with E-state index in [0.29, 0.717) is 17.2 Å². The molecule has 1 aliphatic carbocycles. The first-order valence-corrected chi connectivity index (χ1v) is 10.3. The average Bonchev–Trinajstić information content (AvgIpc) is 3.23. The highest BCUT2D eigenvalue weighted by Gasteiger charge is 2.27. The molecule has 0 N–H and O–H groups in total. The van der Waals surface area contributed by atoms with Crippen LogP contribution in [0.25, 0.3) is 28.2 Å². The molecule has 31 heavy (non-hydrogen) atoms. The van der Waals surface area contributed by atoms with Crippen LogP contribution in [-0.2, 0) is 12.8 Å². The predicted octanol–water partition coefficient (Wildman–Crippen LogP) is 5.33. The van der Waals surface area contributed by atoms with Gasteiger partial charge >= 0.3 is 0 Å². The zero-order valence-corrected chi connectivity index (χ0v) is 17.9. The number of rotatable bonds is 5. The molecular weight excluding hydrogens is 388 g/mol. The van der Waals surface area contributed by atoms with Crippen LogP contribution >= 0.6 is 0 Å². The number of fused-ring (bicyclic) bond motifs is 3. The van der Waals surface area contributed by atoms with Gasteiger partial charge in [0.05, 0.1) is 38.4 Å². The van der Waals surface area contributed by atoms with E-state index in [9.17, 15) is 0 Å². The number of nitrogens with zero attached hydrogens (tertiary/aromatic N) is 2. The van der Waals surface area contributed by atoms with Gasteiger partial charge in [0, 0.05) is 16.7 Å². The van der Waals surface area contributed by atoms with Crippen molar-refractivity contribution in [1.82, 2.24) is 9.78 Å². The Morgan fingerprint density at radius 3 is 2.13 bits per heavy atom. The van der Waals surface area contributed by atoms with Crippen LogP contribution in [0.4, 0.5) is 0 Å². The Labute approximate surface area is 181 Å². The molecule has 1 aliphatic rings. The van der Waals surface area contributed by atoms with Crippen molar-refractivity contribution in [2.45, 2.75) is 12.8 Å². The van der Waals surface area contributed by atoms with Crippen molar-refractivity contribution in [3.63, 3.8) is 0 Å². The average molecular weight is 412 g/mol. The van der Waals surface area contributed by atoms with Gasteiger partial charge in [-0.1, -0.05) is 42.5 Å². The van der Waals surface area contributed by atoms with Gasteiger partial charge in [0.15, 0.2) is 11.5 Å². The summed E-state index contributed by atoms with van der Waals surface area (Å²) >= 11 is 0. The first-order valence-electron chi connectivity index (χ1n) is 10.3. The number of benzene rings is 3. The highest BCUT2D eigenvalue weighted by molar-refractivity contribution is 5.81. The Hall–Kier alpha value is -3.73. The van der Waals surface area contributed by atoms with Gasteiger partial charge in [0.1, 0.15) is 0 Å². The lowest BCUT2D eigenvalue weighted by Gasteiger charge is -2.18. The van der Waals surface area contributed by atoms with Crippen LogP contribution in [0.5, 0.6) is 17.2 Å². The maximum atomic E-state index is 5.63. The summed E-state index contributed by atoms with van der Waals surface area (Å²) in [6.45, 7) is 0. The first kappa shape index (κ1) is 19.2. The molecule has 0 spiro atoms. The highest BCUT2D eigenvalue weighted by Crippen LogP contribution is 2.45. The molecule has 1 heterocycles. The third-order valence-corrected chi connectivity index (χ3v) is 5.84. The van der Waals surface area contributed by atoms with Crippen LogP contribution in [-0.4, -0.2) is 31.1 Å². The Bertz CT molecular complexity index is 1220. The van der Waals surface area contributed by atoms with Gasteiger partial charge < -0.3 is 14.2 Å². The molecule has 0 aliphatic heterocycles. The number of ether oxygens (including phenoxy) is 3. The minimum Gasteiger partial charge on any atom is -0.493 e. The molecule has 0 unspecified atom stereocenters. The molecule has 0 atom stereocenters. The van der Waals surface area contributed by atoms with Crippen molar-refractivity contribution >= 4 is 0 Å². The summed E-state index contributed by atoms with van der Waals surface area (Å²) in [7, 11) is 4.90. The Morgan fingerprint density at radius 1 is 0.774 bits per heavy atom. The molecule has 5 nitrogen and oxygen atoms in total. The van der Waals surface area contributed by atoms with E-state index in [2.05, 4.69) is 36.4 Å². The van der Waals surface area contributed by atoms with Gasteiger partial charge in [-0.05, 0) is 42.7 Å². The molecule has 5 heteroatoms. The molecule has 1 aromatic heterocycles. The Morgan fingerprint density at radius 2 is 1.45 bits per heavy atom. The molecule has 0 amide bonds. The predicted molar refractivity (Wildman–Crippen MR) is 122 cm³/mol. The molecule has 0 saturated heterocycles. The third kappa shape index (κ3) is 3.13. The number of methoxy groups -OCH3 is 3. The lowest BCUT2D eigenvalue weighted by atomic mass is 9.88. The minimum absolute atomic E-state index is 0.582. The number of aryl methyl sites for hydroxylation is 1. The Kier molecular flexibility index (Phi) is 4.86. The quantitative estimate of drug-likeness (QED) is 0.444. The normalized spacial score (nSPS) is 12.1. The second kappa shape index (κ2) is 7.84. The maximum absolute atomic E-state index is 5.63. The van der Waals surface area contributed by atoms with E-state index in [1.54, 1.807) is 21.3 Å². The van der Waals surface area contributed by atoms with Crippen LogP contribution in [0.2, 0.25) is 0 Å². The zero-order valence-electron chi connectivity index (χ0n) is 17.9. The fraction of sp³-hybridized carbons (Fsp3) is 0.192. The molecule has 0 saturated carbocycles. The van der Waals surface area contributed by atoms with Crippen LogP contribution in [0.3, 0.4) is 0 Å². The molecular formula is C26H24N2O3. The topological polar surface area (TPSA) is 45.5 Å². The van der Waals surface area contributed by atoms with Gasteiger partial charge in [0.2, 0.25) is 5.75 Å². The van der Waals surface area contributed by atoms with Gasteiger partial charge in [-0.3, -0.25) is 0 Å². The Balaban J connectivity index is 1.81. The summed E-state index contributed by atoms with van der Waals surface area (Å²) in [5, 5.41) is 5.10. The lowest BCUT2D eigenvalue weighted by molar-refractivity contribution is 0.324. The van der Waals surface area contributed by atoms with E-state index in [-0.39, 0.29) is 0 Å². The van der Waals surface area contributed by atoms with Crippen molar-refractivity contribution < 1.29 is 14.2 Å². The second-order valence-electron chi connectivity index (χ2n) is 7.49. The third-order valence-electron chi connectivity index (χ3n) is 5.84. The van der Waals surface area contributed by atoms with Crippen LogP contribution in [0.15, 0.2) is 66.7 Å². The summed E-state index contributed by atoms with van der Waals surface area (Å²) in [5.74, 6) is 1.84. The number of hydrogen-bond acceptors (Lipinski definition) is 4. The second-order valence-corrected chi connectivity index (χ2v) is 7.49. The van der Waals surface area contributed by atoms with Crippen molar-refractivity contribution in [2.75, 3.05) is 21.3 Å². The van der Waals surface area contributed by atoms with Gasteiger partial charge in [0.25, 0.3) is 0 Å². The van der Waals surface area contributed by atoms with Crippen molar-refractivity contribution in [2.24, 2.45) is 0 Å². The summed E-state index contributed by atoms with van der Waals surface area (Å²) in [4.78, 5) is 0. The molecule has 3 aromatic carbocycles. The van der Waals surface area contributed by atoms with Crippen LogP contribution in [0, 0.1) is 0 Å². The molecule has 0 fully saturated rings. The van der Waals surface area contributed by atoms with Gasteiger partial charge in [-0.2, -0.15) is 5.10 Å². The standard InChI is InChI=1S/C26H24N2O3/c1-29-22-15-18(16-23(30-2)26(22)31-3)25-21-14-13-17-9-7-8-12-20(17)24(21)27-28(25)19-10-5-4-6-11-19/h4-12,15-16H,13-14H2,1-3H3. The van der Waals surface area contributed by atoms with Gasteiger partial charge in [-0.15, -0.1) is 0 Å². The summed E-state index contributed by atoms with van der Waals surface area (Å²) in [6, 6.07) is 22.8.